The third-order valence-electron chi connectivity index (χ3n) is 5.39. The molecule has 1 aliphatic heterocycles. The summed E-state index contributed by atoms with van der Waals surface area (Å²) in [6, 6.07) is 19.8. The molecule has 2 heterocycles. The molecule has 0 bridgehead atoms. The summed E-state index contributed by atoms with van der Waals surface area (Å²) < 4.78 is 1.11. The van der Waals surface area contributed by atoms with Crippen LogP contribution in [0, 0.1) is 0 Å². The number of hydrogen-bond donors (Lipinski definition) is 2. The predicted molar refractivity (Wildman–Crippen MR) is 107 cm³/mol. The van der Waals surface area contributed by atoms with Crippen molar-refractivity contribution in [1.82, 2.24) is 15.6 Å². The van der Waals surface area contributed by atoms with Crippen LogP contribution < -0.4 is 10.6 Å². The van der Waals surface area contributed by atoms with Crippen molar-refractivity contribution in [3.8, 4) is 0 Å². The third-order valence-corrected chi connectivity index (χ3v) is 5.92. The molecule has 128 valence electrons. The average molecular weight is 396 g/mol. The molecule has 2 N–H and O–H groups in total. The molecule has 25 heavy (non-hydrogen) atoms. The maximum atomic E-state index is 4.56. The van der Waals surface area contributed by atoms with E-state index in [1.807, 2.05) is 12.3 Å². The van der Waals surface area contributed by atoms with E-state index in [4.69, 9.17) is 0 Å². The van der Waals surface area contributed by atoms with E-state index in [2.05, 4.69) is 87.0 Å². The molecule has 1 fully saturated rings. The van der Waals surface area contributed by atoms with Gasteiger partial charge in [-0.2, -0.15) is 0 Å². The average Bonchev–Trinajstić information content (AvgIpc) is 2.68. The molecule has 1 saturated heterocycles. The Labute approximate surface area is 157 Å². The molecule has 4 heteroatoms. The number of halogens is 1. The smallest absolute Gasteiger partial charge is 0.0705 e. The number of nitrogens with zero attached hydrogens (tertiary/aromatic N) is 1. The van der Waals surface area contributed by atoms with Crippen molar-refractivity contribution >= 4 is 26.8 Å². The number of pyridine rings is 1. The topological polar surface area (TPSA) is 37.0 Å². The van der Waals surface area contributed by atoms with Gasteiger partial charge in [0.1, 0.15) is 0 Å². The lowest BCUT2D eigenvalue weighted by atomic mass is 9.70. The van der Waals surface area contributed by atoms with Crippen LogP contribution in [0.2, 0.25) is 0 Å². The molecule has 1 aromatic heterocycles. The van der Waals surface area contributed by atoms with Gasteiger partial charge in [0.15, 0.2) is 0 Å². The fourth-order valence-electron chi connectivity index (χ4n) is 3.82. The Balaban J connectivity index is 1.87. The van der Waals surface area contributed by atoms with Gasteiger partial charge < -0.3 is 10.6 Å². The molecular formula is C21H22BrN3. The van der Waals surface area contributed by atoms with Crippen LogP contribution in [0.25, 0.3) is 10.9 Å². The lowest BCUT2D eigenvalue weighted by molar-refractivity contribution is 0.316. The van der Waals surface area contributed by atoms with Crippen molar-refractivity contribution in [2.45, 2.75) is 18.4 Å². The number of benzene rings is 2. The standard InChI is InChI=1S/C21H22BrN3/c1-21(20-14-23-11-12-25-20,16-6-8-18(22)9-7-16)17-5-4-15-3-2-10-24-19(15)13-17/h2-10,13,20,23,25H,11-12,14H2,1H3. The molecule has 3 nitrogen and oxygen atoms in total. The van der Waals surface area contributed by atoms with Crippen LogP contribution in [0.3, 0.4) is 0 Å². The van der Waals surface area contributed by atoms with Crippen molar-refractivity contribution in [2.75, 3.05) is 19.6 Å². The van der Waals surface area contributed by atoms with Crippen molar-refractivity contribution in [2.24, 2.45) is 0 Å². The van der Waals surface area contributed by atoms with Crippen molar-refractivity contribution in [3.05, 3.63) is 76.4 Å². The van der Waals surface area contributed by atoms with E-state index in [-0.39, 0.29) is 5.41 Å². The van der Waals surface area contributed by atoms with E-state index >= 15 is 0 Å². The molecule has 4 rings (SSSR count). The number of aromatic nitrogens is 1. The van der Waals surface area contributed by atoms with E-state index in [1.54, 1.807) is 0 Å². The molecule has 1 aliphatic rings. The Hall–Kier alpha value is -1.75. The highest BCUT2D eigenvalue weighted by molar-refractivity contribution is 9.10. The molecule has 2 unspecified atom stereocenters. The van der Waals surface area contributed by atoms with Crippen LogP contribution in [0.15, 0.2) is 65.3 Å². The van der Waals surface area contributed by atoms with Crippen LogP contribution in [0.5, 0.6) is 0 Å². The molecule has 0 spiro atoms. The van der Waals surface area contributed by atoms with Crippen LogP contribution in [0.4, 0.5) is 0 Å². The Morgan fingerprint density at radius 3 is 2.60 bits per heavy atom. The lowest BCUT2D eigenvalue weighted by Gasteiger charge is -2.42. The van der Waals surface area contributed by atoms with Gasteiger partial charge in [0, 0.05) is 47.1 Å². The fourth-order valence-corrected chi connectivity index (χ4v) is 4.08. The molecule has 2 aromatic carbocycles. The largest absolute Gasteiger partial charge is 0.314 e. The number of rotatable bonds is 3. The highest BCUT2D eigenvalue weighted by atomic mass is 79.9. The quantitative estimate of drug-likeness (QED) is 0.706. The summed E-state index contributed by atoms with van der Waals surface area (Å²) >= 11 is 3.56. The Morgan fingerprint density at radius 1 is 1.04 bits per heavy atom. The van der Waals surface area contributed by atoms with Gasteiger partial charge in [0.2, 0.25) is 0 Å². The molecular weight excluding hydrogens is 374 g/mol. The number of fused-ring (bicyclic) bond motifs is 1. The molecule has 0 radical (unpaired) electrons. The van der Waals surface area contributed by atoms with Crippen LogP contribution in [-0.4, -0.2) is 30.7 Å². The second kappa shape index (κ2) is 6.87. The second-order valence-electron chi connectivity index (χ2n) is 6.83. The maximum absolute atomic E-state index is 4.56. The van der Waals surface area contributed by atoms with E-state index in [0.29, 0.717) is 6.04 Å². The van der Waals surface area contributed by atoms with Gasteiger partial charge in [0.05, 0.1) is 5.52 Å². The highest BCUT2D eigenvalue weighted by Crippen LogP contribution is 2.37. The number of nitrogens with one attached hydrogen (secondary N) is 2. The zero-order chi connectivity index (χ0) is 17.3. The highest BCUT2D eigenvalue weighted by Gasteiger charge is 2.38. The zero-order valence-corrected chi connectivity index (χ0v) is 15.9. The monoisotopic (exact) mass is 395 g/mol. The number of piperazine rings is 1. The Kier molecular flexibility index (Phi) is 4.59. The summed E-state index contributed by atoms with van der Waals surface area (Å²) in [6.45, 7) is 5.30. The Morgan fingerprint density at radius 2 is 1.84 bits per heavy atom. The van der Waals surface area contributed by atoms with Crippen LogP contribution >= 0.6 is 15.9 Å². The third kappa shape index (κ3) is 3.10. The maximum Gasteiger partial charge on any atom is 0.0705 e. The molecule has 0 amide bonds. The summed E-state index contributed by atoms with van der Waals surface area (Å²) in [7, 11) is 0. The van der Waals surface area contributed by atoms with Gasteiger partial charge in [-0.3, -0.25) is 4.98 Å². The van der Waals surface area contributed by atoms with Crippen molar-refractivity contribution in [1.29, 1.82) is 0 Å². The first kappa shape index (κ1) is 16.7. The second-order valence-corrected chi connectivity index (χ2v) is 7.75. The van der Waals surface area contributed by atoms with E-state index in [1.165, 1.54) is 16.5 Å². The SMILES string of the molecule is CC(c1ccc(Br)cc1)(c1ccc2cccnc2c1)C1CNCCN1. The van der Waals surface area contributed by atoms with Crippen LogP contribution in [0.1, 0.15) is 18.1 Å². The minimum absolute atomic E-state index is 0.139. The van der Waals surface area contributed by atoms with E-state index in [9.17, 15) is 0 Å². The fraction of sp³-hybridized carbons (Fsp3) is 0.286. The molecule has 3 aromatic rings. The lowest BCUT2D eigenvalue weighted by Crippen LogP contribution is -2.58. The first-order chi connectivity index (χ1) is 12.2. The molecule has 2 atom stereocenters. The Bertz CT molecular complexity index is 872. The van der Waals surface area contributed by atoms with Crippen molar-refractivity contribution in [3.63, 3.8) is 0 Å². The van der Waals surface area contributed by atoms with Crippen molar-refractivity contribution < 1.29 is 0 Å². The van der Waals surface area contributed by atoms with Gasteiger partial charge in [-0.05, 0) is 42.3 Å². The summed E-state index contributed by atoms with van der Waals surface area (Å²) in [6.07, 6.45) is 1.86. The minimum atomic E-state index is -0.139. The summed E-state index contributed by atoms with van der Waals surface area (Å²) in [4.78, 5) is 4.56. The minimum Gasteiger partial charge on any atom is -0.314 e. The van der Waals surface area contributed by atoms with E-state index < -0.39 is 0 Å². The van der Waals surface area contributed by atoms with Gasteiger partial charge in [-0.1, -0.05) is 46.3 Å². The first-order valence-electron chi connectivity index (χ1n) is 8.73. The first-order valence-corrected chi connectivity index (χ1v) is 9.52. The normalized spacial score (nSPS) is 20.3. The predicted octanol–water partition coefficient (Wildman–Crippen LogP) is 3.86. The van der Waals surface area contributed by atoms with Gasteiger partial charge in [-0.15, -0.1) is 0 Å². The number of hydrogen-bond acceptors (Lipinski definition) is 3. The molecule has 0 aliphatic carbocycles. The summed E-state index contributed by atoms with van der Waals surface area (Å²) in [5.74, 6) is 0. The zero-order valence-electron chi connectivity index (χ0n) is 14.3. The van der Waals surface area contributed by atoms with Gasteiger partial charge in [-0.25, -0.2) is 0 Å². The summed E-state index contributed by atoms with van der Waals surface area (Å²) in [5.41, 5.74) is 3.52. The molecule has 0 saturated carbocycles. The van der Waals surface area contributed by atoms with Gasteiger partial charge in [0.25, 0.3) is 0 Å². The van der Waals surface area contributed by atoms with Crippen LogP contribution in [-0.2, 0) is 5.41 Å². The van der Waals surface area contributed by atoms with E-state index in [0.717, 1.165) is 29.6 Å². The summed E-state index contributed by atoms with van der Waals surface area (Å²) in [5, 5.41) is 8.45. The van der Waals surface area contributed by atoms with Gasteiger partial charge >= 0.3 is 0 Å².